The molecule has 1 saturated heterocycles. The summed E-state index contributed by atoms with van der Waals surface area (Å²) in [4.78, 5) is 28.0. The second-order valence-electron chi connectivity index (χ2n) is 8.27. The van der Waals surface area contributed by atoms with Gasteiger partial charge in [-0.1, -0.05) is 32.9 Å². The minimum atomic E-state index is -0.0114. The van der Waals surface area contributed by atoms with E-state index >= 15 is 0 Å². The summed E-state index contributed by atoms with van der Waals surface area (Å²) in [5.74, 6) is 0.956. The maximum Gasteiger partial charge on any atom is 0.248 e. The lowest BCUT2D eigenvalue weighted by molar-refractivity contribution is -0.136. The molecule has 2 amide bonds. The van der Waals surface area contributed by atoms with Gasteiger partial charge in [-0.25, -0.2) is 0 Å². The fraction of sp³-hybridized carbons (Fsp3) is 0.636. The van der Waals surface area contributed by atoms with Crippen LogP contribution in [-0.2, 0) is 19.7 Å². The summed E-state index contributed by atoms with van der Waals surface area (Å²) in [5, 5.41) is 0. The van der Waals surface area contributed by atoms with Crippen molar-refractivity contribution in [2.24, 2.45) is 0 Å². The average Bonchev–Trinajstić information content (AvgIpc) is 2.91. The van der Waals surface area contributed by atoms with Crippen LogP contribution in [0.2, 0.25) is 0 Å². The van der Waals surface area contributed by atoms with Gasteiger partial charge in [0, 0.05) is 39.7 Å². The van der Waals surface area contributed by atoms with E-state index < -0.39 is 0 Å². The van der Waals surface area contributed by atoms with Crippen molar-refractivity contribution >= 4 is 11.8 Å². The molecule has 1 aliphatic heterocycles. The van der Waals surface area contributed by atoms with Gasteiger partial charge < -0.3 is 19.3 Å². The highest BCUT2D eigenvalue weighted by molar-refractivity contribution is 5.78. The molecule has 156 valence electrons. The van der Waals surface area contributed by atoms with E-state index in [-0.39, 0.29) is 23.8 Å². The van der Waals surface area contributed by atoms with Crippen LogP contribution >= 0.6 is 0 Å². The number of methoxy groups -OCH3 is 1. The third-order valence-corrected chi connectivity index (χ3v) is 4.99. The molecule has 0 aliphatic carbocycles. The molecule has 6 heteroatoms. The molecule has 1 heterocycles. The molecule has 0 unspecified atom stereocenters. The quantitative estimate of drug-likeness (QED) is 0.672. The Morgan fingerprint density at radius 3 is 2.14 bits per heavy atom. The van der Waals surface area contributed by atoms with E-state index in [0.717, 1.165) is 12.2 Å². The van der Waals surface area contributed by atoms with Gasteiger partial charge in [-0.2, -0.15) is 0 Å². The van der Waals surface area contributed by atoms with Gasteiger partial charge in [-0.15, -0.1) is 0 Å². The number of benzene rings is 1. The Morgan fingerprint density at radius 1 is 0.964 bits per heavy atom. The number of carbonyl (C=O) groups excluding carboxylic acids is 2. The average molecular weight is 391 g/mol. The van der Waals surface area contributed by atoms with Gasteiger partial charge in [0.25, 0.3) is 0 Å². The molecule has 1 aromatic carbocycles. The molecule has 1 aromatic rings. The molecule has 2 rings (SSSR count). The summed E-state index contributed by atoms with van der Waals surface area (Å²) >= 11 is 0. The van der Waals surface area contributed by atoms with Crippen molar-refractivity contribution < 1.29 is 19.1 Å². The van der Waals surface area contributed by atoms with Crippen LogP contribution < -0.4 is 4.74 Å². The maximum absolute atomic E-state index is 12.5. The van der Waals surface area contributed by atoms with E-state index in [0.29, 0.717) is 45.6 Å². The van der Waals surface area contributed by atoms with E-state index in [4.69, 9.17) is 9.47 Å². The van der Waals surface area contributed by atoms with Gasteiger partial charge in [-0.3, -0.25) is 9.59 Å². The molecular formula is C22H34N2O4. The Bertz CT molecular complexity index is 637. The van der Waals surface area contributed by atoms with Crippen LogP contribution in [0, 0.1) is 0 Å². The Morgan fingerprint density at radius 2 is 1.57 bits per heavy atom. The highest BCUT2D eigenvalue weighted by Gasteiger charge is 2.21. The molecule has 0 aromatic heterocycles. The van der Waals surface area contributed by atoms with Gasteiger partial charge in [0.1, 0.15) is 12.4 Å². The number of hydrogen-bond acceptors (Lipinski definition) is 4. The number of carbonyl (C=O) groups is 2. The lowest BCUT2D eigenvalue weighted by Crippen LogP contribution is -2.38. The van der Waals surface area contributed by atoms with Crippen molar-refractivity contribution in [3.8, 4) is 5.75 Å². The molecule has 1 fully saturated rings. The zero-order chi connectivity index (χ0) is 20.6. The smallest absolute Gasteiger partial charge is 0.248 e. The van der Waals surface area contributed by atoms with Gasteiger partial charge in [0.05, 0.1) is 6.61 Å². The van der Waals surface area contributed by atoms with Crippen molar-refractivity contribution in [3.05, 3.63) is 29.8 Å². The molecule has 0 spiro atoms. The molecule has 0 radical (unpaired) electrons. The van der Waals surface area contributed by atoms with Gasteiger partial charge in [-0.05, 0) is 36.0 Å². The number of ether oxygens (including phenoxy) is 2. The molecular weight excluding hydrogens is 356 g/mol. The van der Waals surface area contributed by atoms with E-state index in [1.165, 1.54) is 12.7 Å². The Kier molecular flexibility index (Phi) is 8.30. The first-order chi connectivity index (χ1) is 13.3. The first kappa shape index (κ1) is 22.2. The highest BCUT2D eigenvalue weighted by atomic mass is 16.5. The fourth-order valence-corrected chi connectivity index (χ4v) is 3.25. The third kappa shape index (κ3) is 6.82. The van der Waals surface area contributed by atoms with Gasteiger partial charge >= 0.3 is 0 Å². The summed E-state index contributed by atoms with van der Waals surface area (Å²) in [7, 11) is 1.52. The number of rotatable bonds is 7. The van der Waals surface area contributed by atoms with E-state index in [1.54, 1.807) is 4.90 Å². The normalized spacial score (nSPS) is 15.3. The van der Waals surface area contributed by atoms with Crippen molar-refractivity contribution in [1.82, 2.24) is 9.80 Å². The highest BCUT2D eigenvalue weighted by Crippen LogP contribution is 2.24. The van der Waals surface area contributed by atoms with Crippen LogP contribution in [0.5, 0.6) is 5.75 Å². The standard InChI is InChI=1S/C22H34N2O4/c1-22(2,3)18-8-10-19(11-9-18)28-16-5-7-20(25)23-12-6-13-24(15-14-23)21(26)17-27-4/h8-11H,5-7,12-17H2,1-4H3. The summed E-state index contributed by atoms with van der Waals surface area (Å²) in [6, 6.07) is 8.16. The number of hydrogen-bond donors (Lipinski definition) is 0. The summed E-state index contributed by atoms with van der Waals surface area (Å²) in [5.41, 5.74) is 1.40. The van der Waals surface area contributed by atoms with Crippen LogP contribution in [0.1, 0.15) is 45.6 Å². The van der Waals surface area contributed by atoms with Crippen LogP contribution in [0.15, 0.2) is 24.3 Å². The summed E-state index contributed by atoms with van der Waals surface area (Å²) in [6.45, 7) is 9.71. The van der Waals surface area contributed by atoms with Crippen molar-refractivity contribution in [2.75, 3.05) is 46.5 Å². The predicted octanol–water partition coefficient (Wildman–Crippen LogP) is 2.85. The predicted molar refractivity (Wildman–Crippen MR) is 110 cm³/mol. The van der Waals surface area contributed by atoms with E-state index in [2.05, 4.69) is 32.9 Å². The lowest BCUT2D eigenvalue weighted by atomic mass is 9.87. The van der Waals surface area contributed by atoms with Crippen LogP contribution in [-0.4, -0.2) is 68.1 Å². The van der Waals surface area contributed by atoms with Crippen LogP contribution in [0.4, 0.5) is 0 Å². The number of amides is 2. The Labute approximate surface area is 168 Å². The first-order valence-corrected chi connectivity index (χ1v) is 10.1. The molecule has 28 heavy (non-hydrogen) atoms. The SMILES string of the molecule is COCC(=O)N1CCCN(C(=O)CCCOc2ccc(C(C)(C)C)cc2)CC1. The van der Waals surface area contributed by atoms with Crippen LogP contribution in [0.25, 0.3) is 0 Å². The van der Waals surface area contributed by atoms with Crippen molar-refractivity contribution in [3.63, 3.8) is 0 Å². The zero-order valence-electron chi connectivity index (χ0n) is 17.7. The minimum Gasteiger partial charge on any atom is -0.494 e. The zero-order valence-corrected chi connectivity index (χ0v) is 17.7. The van der Waals surface area contributed by atoms with Crippen molar-refractivity contribution in [1.29, 1.82) is 0 Å². The molecule has 6 nitrogen and oxygen atoms in total. The van der Waals surface area contributed by atoms with Gasteiger partial charge in [0.2, 0.25) is 11.8 Å². The topological polar surface area (TPSA) is 59.1 Å². The second-order valence-corrected chi connectivity index (χ2v) is 8.27. The number of nitrogens with zero attached hydrogens (tertiary/aromatic N) is 2. The van der Waals surface area contributed by atoms with Crippen LogP contribution in [0.3, 0.4) is 0 Å². The molecule has 0 N–H and O–H groups in total. The minimum absolute atomic E-state index is 0.0114. The molecule has 1 aliphatic rings. The maximum atomic E-state index is 12.5. The monoisotopic (exact) mass is 390 g/mol. The Hall–Kier alpha value is -2.08. The fourth-order valence-electron chi connectivity index (χ4n) is 3.25. The third-order valence-electron chi connectivity index (χ3n) is 4.99. The largest absolute Gasteiger partial charge is 0.494 e. The summed E-state index contributed by atoms with van der Waals surface area (Å²) in [6.07, 6.45) is 1.95. The lowest BCUT2D eigenvalue weighted by Gasteiger charge is -2.22. The second kappa shape index (κ2) is 10.5. The molecule has 0 atom stereocenters. The van der Waals surface area contributed by atoms with E-state index in [9.17, 15) is 9.59 Å². The Balaban J connectivity index is 1.70. The molecule has 0 bridgehead atoms. The van der Waals surface area contributed by atoms with Crippen molar-refractivity contribution in [2.45, 2.75) is 45.4 Å². The molecule has 0 saturated carbocycles. The summed E-state index contributed by atoms with van der Waals surface area (Å²) < 4.78 is 10.7. The van der Waals surface area contributed by atoms with Gasteiger partial charge in [0.15, 0.2) is 0 Å². The van der Waals surface area contributed by atoms with E-state index in [1.807, 2.05) is 17.0 Å². The first-order valence-electron chi connectivity index (χ1n) is 10.1.